The Balaban J connectivity index is 0.00000242. The summed E-state index contributed by atoms with van der Waals surface area (Å²) in [6.45, 7) is 1.12. The summed E-state index contributed by atoms with van der Waals surface area (Å²) in [5.41, 5.74) is 0.716. The quantitative estimate of drug-likeness (QED) is 0.887. The van der Waals surface area contributed by atoms with Crippen molar-refractivity contribution >= 4 is 18.3 Å². The summed E-state index contributed by atoms with van der Waals surface area (Å²) >= 11 is 0. The smallest absolute Gasteiger partial charge is 0.406 e. The first kappa shape index (κ1) is 18.6. The Kier molecular flexibility index (Phi) is 6.96. The molecule has 1 atom stereocenters. The molecule has 124 valence electrons. The highest BCUT2D eigenvalue weighted by Crippen LogP contribution is 2.22. The van der Waals surface area contributed by atoms with Crippen molar-refractivity contribution in [2.75, 3.05) is 6.54 Å². The average Bonchev–Trinajstić information content (AvgIpc) is 2.45. The van der Waals surface area contributed by atoms with Crippen LogP contribution in [0.15, 0.2) is 24.3 Å². The lowest BCUT2D eigenvalue weighted by Crippen LogP contribution is -2.46. The van der Waals surface area contributed by atoms with Crippen molar-refractivity contribution in [3.8, 4) is 5.75 Å². The zero-order valence-corrected chi connectivity index (χ0v) is 12.6. The molecule has 0 aromatic heterocycles. The molecule has 1 fully saturated rings. The molecule has 4 nitrogen and oxygen atoms in total. The van der Waals surface area contributed by atoms with E-state index < -0.39 is 6.36 Å². The molecule has 1 aliphatic heterocycles. The first-order valence-corrected chi connectivity index (χ1v) is 6.80. The van der Waals surface area contributed by atoms with Crippen molar-refractivity contribution in [3.63, 3.8) is 0 Å². The number of halogens is 4. The van der Waals surface area contributed by atoms with Crippen LogP contribution in [0.5, 0.6) is 5.75 Å². The Bertz CT molecular complexity index is 474. The Labute approximate surface area is 132 Å². The Morgan fingerprint density at radius 3 is 2.50 bits per heavy atom. The molecule has 1 saturated heterocycles. The van der Waals surface area contributed by atoms with Gasteiger partial charge in [-0.05, 0) is 37.1 Å². The lowest BCUT2D eigenvalue weighted by Gasteiger charge is -2.22. The van der Waals surface area contributed by atoms with Gasteiger partial charge in [0.05, 0.1) is 6.04 Å². The van der Waals surface area contributed by atoms with Gasteiger partial charge in [-0.25, -0.2) is 0 Å². The maximum absolute atomic E-state index is 12.0. The Morgan fingerprint density at radius 2 is 1.95 bits per heavy atom. The van der Waals surface area contributed by atoms with Gasteiger partial charge in [0, 0.05) is 6.54 Å². The number of ether oxygens (including phenoxy) is 1. The maximum atomic E-state index is 12.0. The lowest BCUT2D eigenvalue weighted by molar-refractivity contribution is -0.274. The summed E-state index contributed by atoms with van der Waals surface area (Å²) in [6.07, 6.45) is -1.79. The minimum atomic E-state index is -4.69. The molecule has 0 bridgehead atoms. The van der Waals surface area contributed by atoms with E-state index in [-0.39, 0.29) is 36.7 Å². The van der Waals surface area contributed by atoms with Gasteiger partial charge < -0.3 is 15.4 Å². The van der Waals surface area contributed by atoms with Gasteiger partial charge in [-0.2, -0.15) is 0 Å². The monoisotopic (exact) mass is 338 g/mol. The molecule has 8 heteroatoms. The van der Waals surface area contributed by atoms with E-state index in [0.29, 0.717) is 5.56 Å². The molecule has 0 saturated carbocycles. The second-order valence-corrected chi connectivity index (χ2v) is 4.91. The van der Waals surface area contributed by atoms with Crippen molar-refractivity contribution in [3.05, 3.63) is 29.8 Å². The van der Waals surface area contributed by atoms with Crippen LogP contribution in [0.3, 0.4) is 0 Å². The fourth-order valence-electron chi connectivity index (χ4n) is 2.20. The molecule has 0 spiro atoms. The first-order valence-electron chi connectivity index (χ1n) is 6.80. The van der Waals surface area contributed by atoms with Crippen LogP contribution in [0.4, 0.5) is 13.2 Å². The predicted octanol–water partition coefficient (Wildman–Crippen LogP) is 2.77. The summed E-state index contributed by atoms with van der Waals surface area (Å²) < 4.78 is 39.8. The van der Waals surface area contributed by atoms with Gasteiger partial charge >= 0.3 is 6.36 Å². The number of hydrogen-bond acceptors (Lipinski definition) is 3. The molecule has 2 N–H and O–H groups in total. The molecular formula is C14H18ClF3N2O2. The summed E-state index contributed by atoms with van der Waals surface area (Å²) in [4.78, 5) is 11.9. The van der Waals surface area contributed by atoms with Gasteiger partial charge in [0.2, 0.25) is 5.91 Å². The standard InChI is InChI=1S/C14H17F3N2O2.ClH/c15-14(16,17)21-11-6-4-10(5-7-11)9-19-13(20)12-3-1-2-8-18-12;/h4-7,12,18H,1-3,8-9H2,(H,19,20);1H/t12-;/m0./s1. The molecule has 0 unspecified atom stereocenters. The second-order valence-electron chi connectivity index (χ2n) is 4.91. The number of rotatable bonds is 4. The summed E-state index contributed by atoms with van der Waals surface area (Å²) in [5.74, 6) is -0.350. The highest BCUT2D eigenvalue weighted by atomic mass is 35.5. The SMILES string of the molecule is Cl.O=C(NCc1ccc(OC(F)(F)F)cc1)[C@@H]1CCCCN1. The highest BCUT2D eigenvalue weighted by Gasteiger charge is 2.30. The topological polar surface area (TPSA) is 50.4 Å². The van der Waals surface area contributed by atoms with Crippen molar-refractivity contribution in [2.45, 2.75) is 38.2 Å². The van der Waals surface area contributed by atoms with Crippen molar-refractivity contribution < 1.29 is 22.7 Å². The van der Waals surface area contributed by atoms with E-state index in [4.69, 9.17) is 0 Å². The summed E-state index contributed by atoms with van der Waals surface area (Å²) in [6, 6.07) is 5.28. The summed E-state index contributed by atoms with van der Waals surface area (Å²) in [5, 5.41) is 5.90. The fourth-order valence-corrected chi connectivity index (χ4v) is 2.20. The van der Waals surface area contributed by atoms with Crippen molar-refractivity contribution in [1.29, 1.82) is 0 Å². The van der Waals surface area contributed by atoms with Crippen LogP contribution in [-0.2, 0) is 11.3 Å². The van der Waals surface area contributed by atoms with Crippen molar-refractivity contribution in [2.24, 2.45) is 0 Å². The number of benzene rings is 1. The largest absolute Gasteiger partial charge is 0.573 e. The van der Waals surface area contributed by atoms with E-state index in [2.05, 4.69) is 15.4 Å². The van der Waals surface area contributed by atoms with Crippen LogP contribution >= 0.6 is 12.4 Å². The molecule has 1 aromatic rings. The normalized spacial score (nSPS) is 18.2. The number of nitrogens with one attached hydrogen (secondary N) is 2. The van der Waals surface area contributed by atoms with Crippen LogP contribution in [0.2, 0.25) is 0 Å². The third-order valence-electron chi connectivity index (χ3n) is 3.25. The molecular weight excluding hydrogens is 321 g/mol. The van der Waals surface area contributed by atoms with Crippen LogP contribution in [0, 0.1) is 0 Å². The second kappa shape index (κ2) is 8.24. The van der Waals surface area contributed by atoms with E-state index in [9.17, 15) is 18.0 Å². The molecule has 2 rings (SSSR count). The molecule has 1 amide bonds. The van der Waals surface area contributed by atoms with Gasteiger partial charge in [0.1, 0.15) is 5.75 Å². The van der Waals surface area contributed by atoms with E-state index >= 15 is 0 Å². The van der Waals surface area contributed by atoms with Gasteiger partial charge in [0.25, 0.3) is 0 Å². The van der Waals surface area contributed by atoms with E-state index in [0.717, 1.165) is 25.8 Å². The minimum Gasteiger partial charge on any atom is -0.406 e. The number of piperidine rings is 1. The number of hydrogen-bond donors (Lipinski definition) is 2. The minimum absolute atomic E-state index is 0. The lowest BCUT2D eigenvalue weighted by atomic mass is 10.0. The van der Waals surface area contributed by atoms with Gasteiger partial charge in [-0.15, -0.1) is 25.6 Å². The molecule has 0 radical (unpaired) electrons. The van der Waals surface area contributed by atoms with Gasteiger partial charge in [-0.1, -0.05) is 18.6 Å². The van der Waals surface area contributed by atoms with E-state index in [1.54, 1.807) is 0 Å². The molecule has 1 aromatic carbocycles. The van der Waals surface area contributed by atoms with Crippen LogP contribution in [0.1, 0.15) is 24.8 Å². The van der Waals surface area contributed by atoms with Crippen LogP contribution < -0.4 is 15.4 Å². The van der Waals surface area contributed by atoms with Crippen LogP contribution in [-0.4, -0.2) is 24.9 Å². The first-order chi connectivity index (χ1) is 9.94. The zero-order chi connectivity index (χ0) is 15.3. The van der Waals surface area contributed by atoms with Gasteiger partial charge in [0.15, 0.2) is 0 Å². The highest BCUT2D eigenvalue weighted by molar-refractivity contribution is 5.85. The Hall–Kier alpha value is -1.47. The molecule has 22 heavy (non-hydrogen) atoms. The van der Waals surface area contributed by atoms with Crippen LogP contribution in [0.25, 0.3) is 0 Å². The Morgan fingerprint density at radius 1 is 1.27 bits per heavy atom. The number of carbonyl (C=O) groups is 1. The van der Waals surface area contributed by atoms with E-state index in [1.807, 2.05) is 0 Å². The maximum Gasteiger partial charge on any atom is 0.573 e. The molecule has 0 aliphatic carbocycles. The third kappa shape index (κ3) is 6.11. The molecule has 1 heterocycles. The number of carbonyl (C=O) groups excluding carboxylic acids is 1. The predicted molar refractivity (Wildman–Crippen MR) is 77.9 cm³/mol. The van der Waals surface area contributed by atoms with E-state index in [1.165, 1.54) is 24.3 Å². The fraction of sp³-hybridized carbons (Fsp3) is 0.500. The zero-order valence-electron chi connectivity index (χ0n) is 11.8. The summed E-state index contributed by atoms with van der Waals surface area (Å²) in [7, 11) is 0. The third-order valence-corrected chi connectivity index (χ3v) is 3.25. The van der Waals surface area contributed by atoms with Gasteiger partial charge in [-0.3, -0.25) is 4.79 Å². The number of alkyl halides is 3. The average molecular weight is 339 g/mol. The number of amides is 1. The molecule has 1 aliphatic rings. The van der Waals surface area contributed by atoms with Crippen molar-refractivity contribution in [1.82, 2.24) is 10.6 Å².